The van der Waals surface area contributed by atoms with E-state index in [0.717, 1.165) is 22.5 Å². The van der Waals surface area contributed by atoms with Gasteiger partial charge < -0.3 is 14.7 Å². The maximum Gasteiger partial charge on any atom is 0.218 e. The first-order valence-corrected chi connectivity index (χ1v) is 13.0. The number of fused-ring (bicyclic) bond motifs is 1. The Kier molecular flexibility index (Phi) is 7.01. The van der Waals surface area contributed by atoms with E-state index in [-0.39, 0.29) is 0 Å². The molecule has 0 saturated heterocycles. The zero-order valence-electron chi connectivity index (χ0n) is 22.9. The zero-order chi connectivity index (χ0) is 27.9. The van der Waals surface area contributed by atoms with E-state index in [1.165, 1.54) is 0 Å². The summed E-state index contributed by atoms with van der Waals surface area (Å²) in [6, 6.07) is 17.7. The van der Waals surface area contributed by atoms with Gasteiger partial charge in [-0.1, -0.05) is 41.1 Å². The van der Waals surface area contributed by atoms with E-state index in [0.29, 0.717) is 50.7 Å². The molecule has 0 spiro atoms. The smallest absolute Gasteiger partial charge is 0.218 e. The highest BCUT2D eigenvalue weighted by atomic mass is 35.5. The number of nitrogens with zero attached hydrogens (tertiary/aromatic N) is 6. The fourth-order valence-corrected chi connectivity index (χ4v) is 5.33. The van der Waals surface area contributed by atoms with Crippen LogP contribution in [0.25, 0.3) is 10.9 Å². The minimum atomic E-state index is -1.58. The van der Waals surface area contributed by atoms with Gasteiger partial charge in [0.05, 0.1) is 29.5 Å². The Balaban J connectivity index is 1.69. The van der Waals surface area contributed by atoms with Crippen LogP contribution in [0, 0.1) is 13.8 Å². The first-order valence-electron chi connectivity index (χ1n) is 12.6. The Morgan fingerprint density at radius 3 is 2.38 bits per heavy atom. The summed E-state index contributed by atoms with van der Waals surface area (Å²) in [6.07, 6.45) is 2.11. The van der Waals surface area contributed by atoms with Crippen molar-refractivity contribution in [3.8, 4) is 5.88 Å². The molecule has 0 fully saturated rings. The monoisotopic (exact) mass is 542 g/mol. The third-order valence-electron chi connectivity index (χ3n) is 7.12. The van der Waals surface area contributed by atoms with Crippen LogP contribution in [0.3, 0.4) is 0 Å². The molecule has 0 bridgehead atoms. The number of hydrogen-bond donors (Lipinski definition) is 1. The molecule has 9 heteroatoms. The number of ether oxygens (including phenoxy) is 1. The van der Waals surface area contributed by atoms with E-state index in [1.807, 2.05) is 58.3 Å². The molecule has 1 N–H and O–H groups in total. The van der Waals surface area contributed by atoms with E-state index in [9.17, 15) is 5.11 Å². The summed E-state index contributed by atoms with van der Waals surface area (Å²) in [6.45, 7) is 3.81. The second kappa shape index (κ2) is 10.3. The molecule has 1 unspecified atom stereocenters. The van der Waals surface area contributed by atoms with Gasteiger partial charge in [0.1, 0.15) is 0 Å². The zero-order valence-corrected chi connectivity index (χ0v) is 23.7. The maximum atomic E-state index is 12.5. The first-order chi connectivity index (χ1) is 18.6. The van der Waals surface area contributed by atoms with Crippen molar-refractivity contribution in [3.05, 3.63) is 105 Å². The summed E-state index contributed by atoms with van der Waals surface area (Å²) < 4.78 is 7.23. The summed E-state index contributed by atoms with van der Waals surface area (Å²) in [5.41, 5.74) is 5.37. The molecule has 200 valence electrons. The number of pyridine rings is 2. The Labute approximate surface area is 232 Å². The summed E-state index contributed by atoms with van der Waals surface area (Å²) in [4.78, 5) is 11.4. The van der Waals surface area contributed by atoms with Crippen LogP contribution < -0.4 is 9.64 Å². The highest BCUT2D eigenvalue weighted by Crippen LogP contribution is 2.41. The lowest BCUT2D eigenvalue weighted by Gasteiger charge is -2.30. The average molecular weight is 543 g/mol. The summed E-state index contributed by atoms with van der Waals surface area (Å²) in [5, 5.41) is 21.8. The summed E-state index contributed by atoms with van der Waals surface area (Å²) in [7, 11) is 7.37. The number of aryl methyl sites for hydroxylation is 3. The standard InChI is InChI=1S/C30H31ClN6O2/c1-18-7-13-25(19(2)33-18)30(38,27-17-32-35-37(27)5)21-10-14-26-23(16-21)28(31)24(29(34-26)39-6)15-20-8-11-22(12-9-20)36(3)4/h7-14,16-17,38H,15H2,1-6H3. The average Bonchev–Trinajstić information content (AvgIpc) is 3.36. The molecule has 0 radical (unpaired) electrons. The quantitative estimate of drug-likeness (QED) is 0.310. The van der Waals surface area contributed by atoms with Gasteiger partial charge in [0.25, 0.3) is 0 Å². The molecule has 0 aliphatic heterocycles. The fraction of sp³-hybridized carbons (Fsp3) is 0.267. The Hall–Kier alpha value is -4.01. The number of hydrogen-bond acceptors (Lipinski definition) is 7. The number of methoxy groups -OCH3 is 1. The van der Waals surface area contributed by atoms with Crippen LogP contribution in [0.2, 0.25) is 5.02 Å². The van der Waals surface area contributed by atoms with E-state index < -0.39 is 5.60 Å². The first kappa shape index (κ1) is 26.6. The number of aromatic nitrogens is 5. The van der Waals surface area contributed by atoms with Crippen LogP contribution >= 0.6 is 11.6 Å². The van der Waals surface area contributed by atoms with Gasteiger partial charge in [-0.25, -0.2) is 9.67 Å². The third kappa shape index (κ3) is 4.70. The largest absolute Gasteiger partial charge is 0.481 e. The molecule has 5 aromatic rings. The van der Waals surface area contributed by atoms with Crippen molar-refractivity contribution in [3.63, 3.8) is 0 Å². The number of rotatable bonds is 7. The van der Waals surface area contributed by atoms with Gasteiger partial charge in [0.2, 0.25) is 5.88 Å². The van der Waals surface area contributed by atoms with Gasteiger partial charge in [0, 0.05) is 61.2 Å². The molecule has 0 saturated carbocycles. The molecule has 3 aromatic heterocycles. The lowest BCUT2D eigenvalue weighted by molar-refractivity contribution is 0.115. The Bertz CT molecular complexity index is 1660. The fourth-order valence-electron chi connectivity index (χ4n) is 5.03. The number of benzene rings is 2. The molecule has 2 aromatic carbocycles. The highest BCUT2D eigenvalue weighted by Gasteiger charge is 2.39. The van der Waals surface area contributed by atoms with Crippen molar-refractivity contribution in [2.45, 2.75) is 25.9 Å². The number of halogens is 1. The van der Waals surface area contributed by atoms with Crippen LogP contribution in [-0.4, -0.2) is 51.3 Å². The van der Waals surface area contributed by atoms with E-state index in [2.05, 4.69) is 44.5 Å². The van der Waals surface area contributed by atoms with Gasteiger partial charge in [0.15, 0.2) is 5.60 Å². The van der Waals surface area contributed by atoms with E-state index >= 15 is 0 Å². The van der Waals surface area contributed by atoms with E-state index in [4.69, 9.17) is 21.3 Å². The molecule has 39 heavy (non-hydrogen) atoms. The lowest BCUT2D eigenvalue weighted by Crippen LogP contribution is -2.32. The number of aliphatic hydroxyl groups is 1. The third-order valence-corrected chi connectivity index (χ3v) is 7.55. The second-order valence-corrected chi connectivity index (χ2v) is 10.3. The second-order valence-electron chi connectivity index (χ2n) is 9.92. The van der Waals surface area contributed by atoms with Crippen LogP contribution in [0.5, 0.6) is 5.88 Å². The van der Waals surface area contributed by atoms with Crippen LogP contribution in [0.15, 0.2) is 60.8 Å². The molecule has 3 heterocycles. The molecule has 0 aliphatic carbocycles. The minimum absolute atomic E-state index is 0.474. The van der Waals surface area contributed by atoms with Crippen molar-refractivity contribution in [2.24, 2.45) is 7.05 Å². The van der Waals surface area contributed by atoms with Gasteiger partial charge in [-0.3, -0.25) is 4.98 Å². The number of anilines is 1. The topological polar surface area (TPSA) is 89.2 Å². The predicted molar refractivity (Wildman–Crippen MR) is 154 cm³/mol. The Morgan fingerprint density at radius 1 is 1.03 bits per heavy atom. The van der Waals surface area contributed by atoms with Gasteiger partial charge in [-0.05, 0) is 55.3 Å². The normalized spacial score (nSPS) is 12.9. The Morgan fingerprint density at radius 2 is 1.77 bits per heavy atom. The molecular weight excluding hydrogens is 512 g/mol. The van der Waals surface area contributed by atoms with Crippen LogP contribution in [0.1, 0.15) is 39.3 Å². The molecule has 0 amide bonds. The van der Waals surface area contributed by atoms with Crippen LogP contribution in [-0.2, 0) is 19.1 Å². The van der Waals surface area contributed by atoms with Crippen molar-refractivity contribution in [1.82, 2.24) is 25.0 Å². The molecule has 8 nitrogen and oxygen atoms in total. The molecule has 5 rings (SSSR count). The SMILES string of the molecule is COc1nc2ccc(C(O)(c3ccc(C)nc3C)c3cnnn3C)cc2c(Cl)c1Cc1ccc(N(C)C)cc1. The maximum absolute atomic E-state index is 12.5. The van der Waals surface area contributed by atoms with Gasteiger partial charge >= 0.3 is 0 Å². The molecule has 1 atom stereocenters. The van der Waals surface area contributed by atoms with E-state index in [1.54, 1.807) is 25.0 Å². The lowest BCUT2D eigenvalue weighted by atomic mass is 9.82. The molecular formula is C30H31ClN6O2. The molecule has 0 aliphatic rings. The van der Waals surface area contributed by atoms with Crippen molar-refractivity contribution in [1.29, 1.82) is 0 Å². The summed E-state index contributed by atoms with van der Waals surface area (Å²) in [5.74, 6) is 0.474. The van der Waals surface area contributed by atoms with Crippen molar-refractivity contribution in [2.75, 3.05) is 26.1 Å². The predicted octanol–water partition coefficient (Wildman–Crippen LogP) is 4.98. The van der Waals surface area contributed by atoms with Gasteiger partial charge in [-0.15, -0.1) is 5.10 Å². The highest BCUT2D eigenvalue weighted by molar-refractivity contribution is 6.36. The summed E-state index contributed by atoms with van der Waals surface area (Å²) >= 11 is 7.08. The minimum Gasteiger partial charge on any atom is -0.481 e. The van der Waals surface area contributed by atoms with Crippen LogP contribution in [0.4, 0.5) is 5.69 Å². The van der Waals surface area contributed by atoms with Gasteiger partial charge in [-0.2, -0.15) is 0 Å². The van der Waals surface area contributed by atoms with Crippen molar-refractivity contribution < 1.29 is 9.84 Å². The van der Waals surface area contributed by atoms with Crippen molar-refractivity contribution >= 4 is 28.2 Å².